The van der Waals surface area contributed by atoms with Crippen molar-refractivity contribution in [2.24, 2.45) is 0 Å². The molecule has 1 saturated heterocycles. The van der Waals surface area contributed by atoms with Crippen LogP contribution in [-0.2, 0) is 4.74 Å². The van der Waals surface area contributed by atoms with Crippen LogP contribution in [0.25, 0.3) is 5.69 Å². The molecule has 0 unspecified atom stereocenters. The van der Waals surface area contributed by atoms with Crippen molar-refractivity contribution in [1.29, 1.82) is 0 Å². The first kappa shape index (κ1) is 17.2. The molecule has 1 aromatic heterocycles. The van der Waals surface area contributed by atoms with E-state index in [9.17, 15) is 4.79 Å². The van der Waals surface area contributed by atoms with E-state index in [0.29, 0.717) is 17.1 Å². The van der Waals surface area contributed by atoms with Crippen LogP contribution in [0, 0.1) is 6.92 Å². The summed E-state index contributed by atoms with van der Waals surface area (Å²) in [7, 11) is 0. The van der Waals surface area contributed by atoms with Gasteiger partial charge in [0, 0.05) is 30.0 Å². The number of amides is 1. The Kier molecular flexibility index (Phi) is 4.80. The quantitative estimate of drug-likeness (QED) is 0.763. The van der Waals surface area contributed by atoms with E-state index in [1.54, 1.807) is 4.68 Å². The number of hydrogen-bond acceptors (Lipinski definition) is 6. The van der Waals surface area contributed by atoms with Crippen molar-refractivity contribution in [2.45, 2.75) is 6.92 Å². The fourth-order valence-corrected chi connectivity index (χ4v) is 3.03. The van der Waals surface area contributed by atoms with E-state index in [0.717, 1.165) is 37.7 Å². The maximum absolute atomic E-state index is 12.6. The number of ether oxygens (including phenoxy) is 1. The minimum absolute atomic E-state index is 0.158. The zero-order chi connectivity index (χ0) is 18.6. The second-order valence-corrected chi connectivity index (χ2v) is 6.29. The number of rotatable bonds is 4. The van der Waals surface area contributed by atoms with Crippen molar-refractivity contribution < 1.29 is 9.53 Å². The van der Waals surface area contributed by atoms with E-state index in [1.807, 2.05) is 55.5 Å². The number of tetrazole rings is 1. The molecule has 0 aliphatic carbocycles. The summed E-state index contributed by atoms with van der Waals surface area (Å²) < 4.78 is 6.99. The number of nitrogens with one attached hydrogen (secondary N) is 1. The molecule has 8 heteroatoms. The lowest BCUT2D eigenvalue weighted by atomic mass is 10.1. The Bertz CT molecular complexity index is 931. The SMILES string of the molecule is Cc1nnnn1-c1cccc(NC(=O)c2ccc(N3CCOCC3)cc2)c1. The Morgan fingerprint density at radius 3 is 2.56 bits per heavy atom. The zero-order valence-corrected chi connectivity index (χ0v) is 15.0. The highest BCUT2D eigenvalue weighted by Crippen LogP contribution is 2.19. The summed E-state index contributed by atoms with van der Waals surface area (Å²) >= 11 is 0. The molecular weight excluding hydrogens is 344 g/mol. The van der Waals surface area contributed by atoms with Crippen molar-refractivity contribution >= 4 is 17.3 Å². The highest BCUT2D eigenvalue weighted by atomic mass is 16.5. The number of aromatic nitrogens is 4. The number of benzene rings is 2. The van der Waals surface area contributed by atoms with Crippen LogP contribution < -0.4 is 10.2 Å². The third-order valence-electron chi connectivity index (χ3n) is 4.48. The van der Waals surface area contributed by atoms with Crippen LogP contribution in [0.1, 0.15) is 16.2 Å². The minimum atomic E-state index is -0.158. The standard InChI is InChI=1S/C19H20N6O2/c1-14-21-22-23-25(14)18-4-2-3-16(13-18)20-19(26)15-5-7-17(8-6-15)24-9-11-27-12-10-24/h2-8,13H,9-12H2,1H3,(H,20,26). The zero-order valence-electron chi connectivity index (χ0n) is 15.0. The summed E-state index contributed by atoms with van der Waals surface area (Å²) in [6, 6.07) is 15.0. The molecule has 1 fully saturated rings. The van der Waals surface area contributed by atoms with Crippen molar-refractivity contribution in [3.05, 3.63) is 59.9 Å². The van der Waals surface area contributed by atoms with Gasteiger partial charge in [-0.3, -0.25) is 4.79 Å². The van der Waals surface area contributed by atoms with Gasteiger partial charge in [-0.05, 0) is 59.8 Å². The molecule has 0 bridgehead atoms. The lowest BCUT2D eigenvalue weighted by Crippen LogP contribution is -2.36. The topological polar surface area (TPSA) is 85.2 Å². The average molecular weight is 364 g/mol. The lowest BCUT2D eigenvalue weighted by molar-refractivity contribution is 0.102. The molecule has 4 rings (SSSR count). The first-order valence-electron chi connectivity index (χ1n) is 8.80. The van der Waals surface area contributed by atoms with Gasteiger partial charge in [-0.2, -0.15) is 4.68 Å². The lowest BCUT2D eigenvalue weighted by Gasteiger charge is -2.28. The molecule has 1 amide bonds. The van der Waals surface area contributed by atoms with Gasteiger partial charge in [0.2, 0.25) is 0 Å². The van der Waals surface area contributed by atoms with Gasteiger partial charge in [0.05, 0.1) is 18.9 Å². The second kappa shape index (κ2) is 7.55. The van der Waals surface area contributed by atoms with E-state index in [-0.39, 0.29) is 5.91 Å². The van der Waals surface area contributed by atoms with Gasteiger partial charge in [-0.1, -0.05) is 6.07 Å². The van der Waals surface area contributed by atoms with Crippen molar-refractivity contribution in [3.8, 4) is 5.69 Å². The van der Waals surface area contributed by atoms with E-state index < -0.39 is 0 Å². The van der Waals surface area contributed by atoms with Gasteiger partial charge in [0.15, 0.2) is 5.82 Å². The van der Waals surface area contributed by atoms with Crippen LogP contribution in [0.15, 0.2) is 48.5 Å². The van der Waals surface area contributed by atoms with E-state index in [2.05, 4.69) is 25.7 Å². The maximum atomic E-state index is 12.6. The summed E-state index contributed by atoms with van der Waals surface area (Å²) in [5.74, 6) is 0.520. The summed E-state index contributed by atoms with van der Waals surface area (Å²) in [6.45, 7) is 5.03. The molecule has 0 spiro atoms. The Hall–Kier alpha value is -3.26. The molecule has 1 N–H and O–H groups in total. The molecule has 0 radical (unpaired) electrons. The highest BCUT2D eigenvalue weighted by Gasteiger charge is 2.13. The molecule has 27 heavy (non-hydrogen) atoms. The molecule has 1 aliphatic rings. The average Bonchev–Trinajstić information content (AvgIpc) is 3.15. The Morgan fingerprint density at radius 1 is 1.07 bits per heavy atom. The van der Waals surface area contributed by atoms with Gasteiger partial charge < -0.3 is 15.0 Å². The summed E-state index contributed by atoms with van der Waals surface area (Å²) in [4.78, 5) is 14.8. The molecule has 2 heterocycles. The van der Waals surface area contributed by atoms with E-state index in [1.165, 1.54) is 0 Å². The van der Waals surface area contributed by atoms with Crippen LogP contribution in [0.2, 0.25) is 0 Å². The first-order valence-corrected chi connectivity index (χ1v) is 8.80. The van der Waals surface area contributed by atoms with Crippen molar-refractivity contribution in [3.63, 3.8) is 0 Å². The largest absolute Gasteiger partial charge is 0.378 e. The number of aryl methyl sites for hydroxylation is 1. The molecule has 2 aromatic carbocycles. The van der Waals surface area contributed by atoms with Crippen LogP contribution in [0.3, 0.4) is 0 Å². The smallest absolute Gasteiger partial charge is 0.255 e. The molecule has 138 valence electrons. The van der Waals surface area contributed by atoms with Crippen molar-refractivity contribution in [2.75, 3.05) is 36.5 Å². The van der Waals surface area contributed by atoms with E-state index >= 15 is 0 Å². The molecule has 1 aliphatic heterocycles. The normalized spacial score (nSPS) is 14.2. The fourth-order valence-electron chi connectivity index (χ4n) is 3.03. The third kappa shape index (κ3) is 3.80. The predicted molar refractivity (Wildman–Crippen MR) is 101 cm³/mol. The summed E-state index contributed by atoms with van der Waals surface area (Å²) in [5, 5.41) is 14.4. The number of carbonyl (C=O) groups is 1. The number of carbonyl (C=O) groups excluding carboxylic acids is 1. The summed E-state index contributed by atoms with van der Waals surface area (Å²) in [5.41, 5.74) is 3.18. The molecule has 3 aromatic rings. The fraction of sp³-hybridized carbons (Fsp3) is 0.263. The predicted octanol–water partition coefficient (Wildman–Crippen LogP) is 2.06. The van der Waals surface area contributed by atoms with Crippen LogP contribution in [-0.4, -0.2) is 52.4 Å². The maximum Gasteiger partial charge on any atom is 0.255 e. The molecule has 8 nitrogen and oxygen atoms in total. The van der Waals surface area contributed by atoms with Gasteiger partial charge in [-0.15, -0.1) is 5.10 Å². The minimum Gasteiger partial charge on any atom is -0.378 e. The van der Waals surface area contributed by atoms with E-state index in [4.69, 9.17) is 4.74 Å². The van der Waals surface area contributed by atoms with Crippen LogP contribution >= 0.6 is 0 Å². The van der Waals surface area contributed by atoms with Crippen LogP contribution in [0.4, 0.5) is 11.4 Å². The third-order valence-corrected chi connectivity index (χ3v) is 4.48. The van der Waals surface area contributed by atoms with Gasteiger partial charge in [0.1, 0.15) is 0 Å². The molecular formula is C19H20N6O2. The second-order valence-electron chi connectivity index (χ2n) is 6.29. The first-order chi connectivity index (χ1) is 13.2. The van der Waals surface area contributed by atoms with Gasteiger partial charge in [-0.25, -0.2) is 0 Å². The number of nitrogens with zero attached hydrogens (tertiary/aromatic N) is 5. The number of morpholine rings is 1. The van der Waals surface area contributed by atoms with Crippen molar-refractivity contribution in [1.82, 2.24) is 20.2 Å². The Morgan fingerprint density at radius 2 is 1.85 bits per heavy atom. The monoisotopic (exact) mass is 364 g/mol. The Balaban J connectivity index is 1.47. The number of anilines is 2. The van der Waals surface area contributed by atoms with Gasteiger partial charge >= 0.3 is 0 Å². The highest BCUT2D eigenvalue weighted by molar-refractivity contribution is 6.04. The molecule has 0 atom stereocenters. The molecule has 0 saturated carbocycles. The van der Waals surface area contributed by atoms with Crippen LogP contribution in [0.5, 0.6) is 0 Å². The number of hydrogen-bond donors (Lipinski definition) is 1. The summed E-state index contributed by atoms with van der Waals surface area (Å²) in [6.07, 6.45) is 0. The Labute approximate surface area is 156 Å². The van der Waals surface area contributed by atoms with Gasteiger partial charge in [0.25, 0.3) is 5.91 Å².